The Morgan fingerprint density at radius 1 is 0.930 bits per heavy atom. The molecular weight excluding hydrogens is 725 g/mol. The number of nitrogens with zero attached hydrogens (tertiary/aromatic N) is 7. The van der Waals surface area contributed by atoms with Gasteiger partial charge in [0.25, 0.3) is 5.91 Å². The fraction of sp³-hybridized carbons (Fsp3) is 0.465. The van der Waals surface area contributed by atoms with Crippen LogP contribution in [0.5, 0.6) is 0 Å². The number of benzene rings is 2. The van der Waals surface area contributed by atoms with Crippen LogP contribution in [0.3, 0.4) is 0 Å². The monoisotopic (exact) mass is 776 g/mol. The van der Waals surface area contributed by atoms with E-state index in [0.29, 0.717) is 70.4 Å². The molecule has 57 heavy (non-hydrogen) atoms. The van der Waals surface area contributed by atoms with E-state index in [9.17, 15) is 24.0 Å². The minimum absolute atomic E-state index is 0.0670. The molecule has 1 unspecified atom stereocenters. The van der Waals surface area contributed by atoms with Gasteiger partial charge in [-0.2, -0.15) is 0 Å². The van der Waals surface area contributed by atoms with E-state index in [-0.39, 0.29) is 47.3 Å². The maximum atomic E-state index is 13.4. The van der Waals surface area contributed by atoms with Crippen molar-refractivity contribution >= 4 is 51.8 Å². The van der Waals surface area contributed by atoms with Crippen LogP contribution in [0.25, 0.3) is 16.5 Å². The van der Waals surface area contributed by atoms with Gasteiger partial charge in [0, 0.05) is 89.9 Å². The number of hydrogen-bond donors (Lipinski definition) is 1. The number of aryl methyl sites for hydroxylation is 2. The topological polar surface area (TPSA) is 154 Å². The van der Waals surface area contributed by atoms with E-state index in [4.69, 9.17) is 4.42 Å². The lowest BCUT2D eigenvalue weighted by Crippen LogP contribution is -2.45. The first-order valence-electron chi connectivity index (χ1n) is 20.1. The average molecular weight is 777 g/mol. The molecule has 7 rings (SSSR count). The van der Waals surface area contributed by atoms with Gasteiger partial charge >= 0.3 is 0 Å². The molecule has 14 heteroatoms. The minimum atomic E-state index is -0.325. The molecule has 0 aliphatic carbocycles. The van der Waals surface area contributed by atoms with Crippen molar-refractivity contribution in [3.05, 3.63) is 83.4 Å². The summed E-state index contributed by atoms with van der Waals surface area (Å²) < 4.78 is 7.84. The predicted octanol–water partition coefficient (Wildman–Crippen LogP) is 4.79. The van der Waals surface area contributed by atoms with E-state index >= 15 is 0 Å². The van der Waals surface area contributed by atoms with Crippen LogP contribution < -0.4 is 10.2 Å². The van der Waals surface area contributed by atoms with Gasteiger partial charge in [0.05, 0.1) is 18.7 Å². The van der Waals surface area contributed by atoms with Crippen molar-refractivity contribution < 1.29 is 28.4 Å². The summed E-state index contributed by atoms with van der Waals surface area (Å²) in [7, 11) is 5.47. The van der Waals surface area contributed by atoms with E-state index in [1.807, 2.05) is 34.1 Å². The summed E-state index contributed by atoms with van der Waals surface area (Å²) in [6.07, 6.45) is 11.8. The van der Waals surface area contributed by atoms with Crippen LogP contribution in [0.2, 0.25) is 0 Å². The summed E-state index contributed by atoms with van der Waals surface area (Å²) in [5.74, 6) is -0.476. The number of carbonyl (C=O) groups excluding carboxylic acids is 5. The fourth-order valence-corrected chi connectivity index (χ4v) is 8.24. The molecule has 1 N–H and O–H groups in total. The molecule has 0 bridgehead atoms. The molecule has 5 heterocycles. The lowest BCUT2D eigenvalue weighted by atomic mass is 9.90. The van der Waals surface area contributed by atoms with Gasteiger partial charge < -0.3 is 24.0 Å². The van der Waals surface area contributed by atoms with Crippen LogP contribution in [0.15, 0.2) is 65.4 Å². The number of fused-ring (bicyclic) bond motifs is 1. The molecule has 0 spiro atoms. The Balaban J connectivity index is 0.942. The molecule has 4 aromatic rings. The zero-order valence-electron chi connectivity index (χ0n) is 33.1. The van der Waals surface area contributed by atoms with Crippen molar-refractivity contribution in [2.75, 3.05) is 52.2 Å². The largest absolute Gasteiger partial charge is 0.451 e. The SMILES string of the molecule is CN(C)C(=O)c1cc2cc(C3=CCCN(C(=O)CCn4ccnn4)C3)cc(CCCCC(=O)N3CCC(N(C)c4cccc(C5CCC(=O)NC5=O)c4)CC3)c2o1. The summed E-state index contributed by atoms with van der Waals surface area (Å²) in [6.45, 7) is 3.01. The second-order valence-corrected chi connectivity index (χ2v) is 15.6. The molecular formula is C43H52N8O6. The molecule has 2 fully saturated rings. The first-order valence-corrected chi connectivity index (χ1v) is 20.1. The summed E-state index contributed by atoms with van der Waals surface area (Å²) in [4.78, 5) is 71.2. The molecule has 3 aliphatic heterocycles. The maximum Gasteiger partial charge on any atom is 0.289 e. The van der Waals surface area contributed by atoms with Gasteiger partial charge in [-0.3, -0.25) is 34.0 Å². The van der Waals surface area contributed by atoms with Crippen molar-refractivity contribution in [3.63, 3.8) is 0 Å². The number of carbonyl (C=O) groups is 5. The van der Waals surface area contributed by atoms with Crippen LogP contribution in [0.4, 0.5) is 5.69 Å². The second kappa shape index (κ2) is 17.6. The Morgan fingerprint density at radius 3 is 2.49 bits per heavy atom. The van der Waals surface area contributed by atoms with Gasteiger partial charge in [-0.25, -0.2) is 0 Å². The fourth-order valence-electron chi connectivity index (χ4n) is 8.24. The molecule has 2 aromatic heterocycles. The molecule has 5 amide bonds. The molecule has 0 radical (unpaired) electrons. The number of amides is 5. The van der Waals surface area contributed by atoms with E-state index in [0.717, 1.165) is 65.4 Å². The Labute approximate surface area is 332 Å². The first-order chi connectivity index (χ1) is 27.5. The Morgan fingerprint density at radius 2 is 1.74 bits per heavy atom. The lowest BCUT2D eigenvalue weighted by Gasteiger charge is -2.38. The Kier molecular flexibility index (Phi) is 12.2. The first kappa shape index (κ1) is 39.4. The summed E-state index contributed by atoms with van der Waals surface area (Å²) in [6, 6.07) is 14.2. The van der Waals surface area contributed by atoms with Crippen LogP contribution in [-0.4, -0.2) is 113 Å². The van der Waals surface area contributed by atoms with Crippen LogP contribution in [0.1, 0.15) is 91.0 Å². The smallest absolute Gasteiger partial charge is 0.289 e. The molecule has 0 saturated carbocycles. The number of likely N-dealkylation sites (tertiary alicyclic amines) is 1. The highest BCUT2D eigenvalue weighted by Crippen LogP contribution is 2.33. The van der Waals surface area contributed by atoms with Crippen molar-refractivity contribution in [1.82, 2.24) is 35.0 Å². The highest BCUT2D eigenvalue weighted by atomic mass is 16.3. The number of aromatic nitrogens is 3. The zero-order chi connectivity index (χ0) is 40.1. The van der Waals surface area contributed by atoms with Crippen LogP contribution >= 0.6 is 0 Å². The number of anilines is 1. The quantitative estimate of drug-likeness (QED) is 0.149. The predicted molar refractivity (Wildman–Crippen MR) is 215 cm³/mol. The van der Waals surface area contributed by atoms with Crippen molar-refractivity contribution in [2.45, 2.75) is 82.7 Å². The number of piperidine rings is 2. The minimum Gasteiger partial charge on any atom is -0.451 e. The highest BCUT2D eigenvalue weighted by Gasteiger charge is 2.30. The van der Waals surface area contributed by atoms with Crippen molar-refractivity contribution in [2.24, 2.45) is 0 Å². The molecule has 2 saturated heterocycles. The third kappa shape index (κ3) is 9.27. The number of unbranched alkanes of at least 4 members (excludes halogenated alkanes) is 1. The van der Waals surface area contributed by atoms with Crippen molar-refractivity contribution in [1.29, 1.82) is 0 Å². The third-order valence-corrected chi connectivity index (χ3v) is 11.6. The van der Waals surface area contributed by atoms with Gasteiger partial charge in [0.15, 0.2) is 5.76 Å². The molecule has 1 atom stereocenters. The maximum absolute atomic E-state index is 13.4. The van der Waals surface area contributed by atoms with Crippen LogP contribution in [0, 0.1) is 0 Å². The Bertz CT molecular complexity index is 2150. The summed E-state index contributed by atoms with van der Waals surface area (Å²) >= 11 is 0. The van der Waals surface area contributed by atoms with Gasteiger partial charge in [0.2, 0.25) is 23.6 Å². The number of nitrogens with one attached hydrogen (secondary N) is 1. The lowest BCUT2D eigenvalue weighted by molar-refractivity contribution is -0.134. The Hall–Kier alpha value is -5.79. The molecule has 3 aliphatic rings. The summed E-state index contributed by atoms with van der Waals surface area (Å²) in [5.41, 5.74) is 5.67. The number of rotatable bonds is 13. The third-order valence-electron chi connectivity index (χ3n) is 11.6. The van der Waals surface area contributed by atoms with Gasteiger partial charge in [0.1, 0.15) is 5.58 Å². The zero-order valence-corrected chi connectivity index (χ0v) is 33.1. The van der Waals surface area contributed by atoms with E-state index in [1.54, 1.807) is 37.2 Å². The van der Waals surface area contributed by atoms with Gasteiger partial charge in [-0.05, 0) is 97.5 Å². The van der Waals surface area contributed by atoms with Crippen LogP contribution in [-0.2, 0) is 32.1 Å². The standard InChI is InChI=1S/C43H52N8O6/c1-47(2)43(56)37-27-33-25-32(31-10-7-19-50(28-31)40(54)17-22-51-23-18-44-46-51)24-30(41(33)57-37)8-4-5-12-39(53)49-20-15-34(16-21-49)48(3)35-11-6-9-29(26-35)36-13-14-38(52)45-42(36)55/h6,9-11,18,23-27,34,36H,4-5,7-8,12-17,19-22,28H2,1-3H3,(H,45,52,55). The van der Waals surface area contributed by atoms with Gasteiger partial charge in [-0.15, -0.1) is 5.10 Å². The molecule has 300 valence electrons. The molecule has 2 aromatic carbocycles. The van der Waals surface area contributed by atoms with E-state index in [1.165, 1.54) is 4.90 Å². The number of hydrogen-bond acceptors (Lipinski definition) is 9. The van der Waals surface area contributed by atoms with Gasteiger partial charge in [-0.1, -0.05) is 23.4 Å². The van der Waals surface area contributed by atoms with Crippen molar-refractivity contribution in [3.8, 4) is 0 Å². The number of imide groups is 1. The highest BCUT2D eigenvalue weighted by molar-refractivity contribution is 6.01. The second-order valence-electron chi connectivity index (χ2n) is 15.6. The summed E-state index contributed by atoms with van der Waals surface area (Å²) in [5, 5.41) is 11.1. The number of furan rings is 1. The molecule has 14 nitrogen and oxygen atoms in total. The average Bonchev–Trinajstić information content (AvgIpc) is 3.92. The normalized spacial score (nSPS) is 17.7. The van der Waals surface area contributed by atoms with E-state index in [2.05, 4.69) is 45.8 Å². The van der Waals surface area contributed by atoms with E-state index < -0.39 is 0 Å².